The third kappa shape index (κ3) is 3.83. The molecule has 1 aromatic heterocycles. The minimum absolute atomic E-state index is 0.624. The molecule has 1 aromatic rings. The highest BCUT2D eigenvalue weighted by molar-refractivity contribution is 7.80. The SMILES string of the molecule is S=C(NCCCc1ncn[nH]1)NC1CC1. The van der Waals surface area contributed by atoms with Gasteiger partial charge in [0.25, 0.3) is 0 Å². The Hall–Kier alpha value is -1.17. The second-order valence-corrected chi connectivity index (χ2v) is 4.12. The number of nitrogens with zero attached hydrogens (tertiary/aromatic N) is 2. The molecule has 2 rings (SSSR count). The van der Waals surface area contributed by atoms with E-state index in [0.29, 0.717) is 6.04 Å². The molecule has 0 atom stereocenters. The number of thiocarbonyl (C=S) groups is 1. The average Bonchev–Trinajstić information content (AvgIpc) is 2.87. The molecule has 1 fully saturated rings. The Kier molecular flexibility index (Phi) is 3.49. The quantitative estimate of drug-likeness (QED) is 0.499. The van der Waals surface area contributed by atoms with E-state index in [0.717, 1.165) is 30.3 Å². The van der Waals surface area contributed by atoms with Gasteiger partial charge in [-0.3, -0.25) is 5.10 Å². The lowest BCUT2D eigenvalue weighted by molar-refractivity contribution is 0.729. The van der Waals surface area contributed by atoms with Crippen molar-refractivity contribution in [1.29, 1.82) is 0 Å². The van der Waals surface area contributed by atoms with Crippen molar-refractivity contribution < 1.29 is 0 Å². The molecule has 0 bridgehead atoms. The second-order valence-electron chi connectivity index (χ2n) is 3.71. The predicted molar refractivity (Wildman–Crippen MR) is 61.5 cm³/mol. The minimum atomic E-state index is 0.624. The molecule has 0 aromatic carbocycles. The van der Waals surface area contributed by atoms with Crippen molar-refractivity contribution in [2.75, 3.05) is 6.54 Å². The lowest BCUT2D eigenvalue weighted by atomic mass is 10.3. The van der Waals surface area contributed by atoms with E-state index in [1.54, 1.807) is 0 Å². The van der Waals surface area contributed by atoms with Gasteiger partial charge in [0.15, 0.2) is 5.11 Å². The van der Waals surface area contributed by atoms with E-state index in [2.05, 4.69) is 25.8 Å². The van der Waals surface area contributed by atoms with Crippen LogP contribution in [0.25, 0.3) is 0 Å². The van der Waals surface area contributed by atoms with Gasteiger partial charge in [-0.25, -0.2) is 4.98 Å². The van der Waals surface area contributed by atoms with Crippen molar-refractivity contribution in [3.05, 3.63) is 12.2 Å². The lowest BCUT2D eigenvalue weighted by Gasteiger charge is -2.08. The molecule has 0 radical (unpaired) electrons. The Balaban J connectivity index is 1.52. The molecule has 3 N–H and O–H groups in total. The molecular formula is C9H15N5S. The molecule has 15 heavy (non-hydrogen) atoms. The van der Waals surface area contributed by atoms with Crippen molar-refractivity contribution in [2.24, 2.45) is 0 Å². The van der Waals surface area contributed by atoms with E-state index < -0.39 is 0 Å². The highest BCUT2D eigenvalue weighted by atomic mass is 32.1. The number of rotatable bonds is 5. The fourth-order valence-corrected chi connectivity index (χ4v) is 1.54. The first kappa shape index (κ1) is 10.4. The largest absolute Gasteiger partial charge is 0.363 e. The molecule has 0 aliphatic heterocycles. The Morgan fingerprint density at radius 1 is 1.60 bits per heavy atom. The zero-order chi connectivity index (χ0) is 10.5. The second kappa shape index (κ2) is 5.06. The third-order valence-electron chi connectivity index (χ3n) is 2.25. The number of hydrogen-bond acceptors (Lipinski definition) is 3. The highest BCUT2D eigenvalue weighted by Crippen LogP contribution is 2.18. The predicted octanol–water partition coefficient (Wildman–Crippen LogP) is 0.364. The molecular weight excluding hydrogens is 210 g/mol. The maximum Gasteiger partial charge on any atom is 0.166 e. The fraction of sp³-hybridized carbons (Fsp3) is 0.667. The molecule has 1 aliphatic rings. The van der Waals surface area contributed by atoms with Crippen LogP contribution in [0, 0.1) is 0 Å². The van der Waals surface area contributed by atoms with Crippen molar-refractivity contribution in [1.82, 2.24) is 25.8 Å². The van der Waals surface area contributed by atoms with Gasteiger partial charge in [0, 0.05) is 19.0 Å². The van der Waals surface area contributed by atoms with Gasteiger partial charge in [-0.2, -0.15) is 5.10 Å². The van der Waals surface area contributed by atoms with E-state index in [1.165, 1.54) is 19.2 Å². The normalized spacial score (nSPS) is 14.9. The number of nitrogens with one attached hydrogen (secondary N) is 3. The van der Waals surface area contributed by atoms with Crippen LogP contribution in [0.4, 0.5) is 0 Å². The van der Waals surface area contributed by atoms with Gasteiger partial charge in [-0.15, -0.1) is 0 Å². The number of aromatic amines is 1. The van der Waals surface area contributed by atoms with Gasteiger partial charge in [0.05, 0.1) is 0 Å². The molecule has 1 aliphatic carbocycles. The van der Waals surface area contributed by atoms with Crippen LogP contribution >= 0.6 is 12.2 Å². The highest BCUT2D eigenvalue weighted by Gasteiger charge is 2.21. The summed E-state index contributed by atoms with van der Waals surface area (Å²) >= 11 is 5.13. The summed E-state index contributed by atoms with van der Waals surface area (Å²) in [6.45, 7) is 0.874. The monoisotopic (exact) mass is 225 g/mol. The summed E-state index contributed by atoms with van der Waals surface area (Å²) in [5.41, 5.74) is 0. The van der Waals surface area contributed by atoms with Crippen molar-refractivity contribution in [3.63, 3.8) is 0 Å². The molecule has 82 valence electrons. The first-order valence-corrected chi connectivity index (χ1v) is 5.64. The van der Waals surface area contributed by atoms with Crippen LogP contribution in [-0.4, -0.2) is 32.9 Å². The maximum absolute atomic E-state index is 5.13. The van der Waals surface area contributed by atoms with Crippen molar-refractivity contribution in [3.8, 4) is 0 Å². The molecule has 0 unspecified atom stereocenters. The first-order valence-electron chi connectivity index (χ1n) is 5.23. The smallest absolute Gasteiger partial charge is 0.166 e. The summed E-state index contributed by atoms with van der Waals surface area (Å²) in [6.07, 6.45) is 5.93. The van der Waals surface area contributed by atoms with E-state index in [-0.39, 0.29) is 0 Å². The van der Waals surface area contributed by atoms with Gasteiger partial charge in [-0.1, -0.05) is 0 Å². The lowest BCUT2D eigenvalue weighted by Crippen LogP contribution is -2.37. The number of hydrogen-bond donors (Lipinski definition) is 3. The standard InChI is InChI=1S/C9H15N5S/c15-9(13-7-3-4-7)10-5-1-2-8-11-6-12-14-8/h6-7H,1-5H2,(H2,10,13,15)(H,11,12,14). The molecule has 1 heterocycles. The van der Waals surface area contributed by atoms with Gasteiger partial charge in [0.2, 0.25) is 0 Å². The van der Waals surface area contributed by atoms with Crippen molar-refractivity contribution in [2.45, 2.75) is 31.7 Å². The Morgan fingerprint density at radius 3 is 3.13 bits per heavy atom. The Morgan fingerprint density at radius 2 is 2.47 bits per heavy atom. The van der Waals surface area contributed by atoms with Crippen molar-refractivity contribution >= 4 is 17.3 Å². The fourth-order valence-electron chi connectivity index (χ4n) is 1.27. The van der Waals surface area contributed by atoms with Crippen LogP contribution in [0.2, 0.25) is 0 Å². The summed E-state index contributed by atoms with van der Waals surface area (Å²) in [6, 6.07) is 0.624. The summed E-state index contributed by atoms with van der Waals surface area (Å²) in [5, 5.41) is 13.8. The molecule has 5 nitrogen and oxygen atoms in total. The Bertz CT molecular complexity index is 306. The van der Waals surface area contributed by atoms with Crippen LogP contribution < -0.4 is 10.6 Å². The van der Waals surface area contributed by atoms with E-state index >= 15 is 0 Å². The topological polar surface area (TPSA) is 65.6 Å². The summed E-state index contributed by atoms with van der Waals surface area (Å²) in [4.78, 5) is 4.05. The third-order valence-corrected chi connectivity index (χ3v) is 2.52. The average molecular weight is 225 g/mol. The summed E-state index contributed by atoms with van der Waals surface area (Å²) in [7, 11) is 0. The molecule has 0 amide bonds. The van der Waals surface area contributed by atoms with Crippen LogP contribution in [0.3, 0.4) is 0 Å². The zero-order valence-corrected chi connectivity index (χ0v) is 9.31. The molecule has 0 saturated heterocycles. The van der Waals surface area contributed by atoms with Gasteiger partial charge in [-0.05, 0) is 31.5 Å². The zero-order valence-electron chi connectivity index (χ0n) is 8.49. The van der Waals surface area contributed by atoms with Gasteiger partial charge < -0.3 is 10.6 Å². The Labute approximate surface area is 94.1 Å². The molecule has 0 spiro atoms. The van der Waals surface area contributed by atoms with Crippen LogP contribution in [0.1, 0.15) is 25.1 Å². The van der Waals surface area contributed by atoms with Crippen LogP contribution in [0.5, 0.6) is 0 Å². The molecule has 6 heteroatoms. The van der Waals surface area contributed by atoms with E-state index in [1.807, 2.05) is 0 Å². The number of aryl methyl sites for hydroxylation is 1. The number of aromatic nitrogens is 3. The minimum Gasteiger partial charge on any atom is -0.363 e. The van der Waals surface area contributed by atoms with Crippen LogP contribution in [-0.2, 0) is 6.42 Å². The first-order chi connectivity index (χ1) is 7.34. The van der Waals surface area contributed by atoms with Gasteiger partial charge >= 0.3 is 0 Å². The summed E-state index contributed by atoms with van der Waals surface area (Å²) in [5.74, 6) is 0.929. The van der Waals surface area contributed by atoms with E-state index in [4.69, 9.17) is 12.2 Å². The van der Waals surface area contributed by atoms with E-state index in [9.17, 15) is 0 Å². The number of H-pyrrole nitrogens is 1. The van der Waals surface area contributed by atoms with Gasteiger partial charge in [0.1, 0.15) is 12.2 Å². The summed E-state index contributed by atoms with van der Waals surface area (Å²) < 4.78 is 0. The van der Waals surface area contributed by atoms with Crippen LogP contribution in [0.15, 0.2) is 6.33 Å². The molecule has 1 saturated carbocycles. The maximum atomic E-state index is 5.13.